The minimum Gasteiger partial charge on any atom is -0.496 e. The van der Waals surface area contributed by atoms with E-state index in [1.54, 1.807) is 12.0 Å². The van der Waals surface area contributed by atoms with Gasteiger partial charge in [0.2, 0.25) is 0 Å². The van der Waals surface area contributed by atoms with Crippen molar-refractivity contribution in [2.45, 2.75) is 19.6 Å². The van der Waals surface area contributed by atoms with Crippen LogP contribution in [0, 0.1) is 0 Å². The molecule has 1 amide bonds. The maximum Gasteiger partial charge on any atom is 0.277 e. The Morgan fingerprint density at radius 2 is 1.55 bits per heavy atom. The Hall–Kier alpha value is -4.42. The highest BCUT2D eigenvalue weighted by Gasteiger charge is 2.34. The van der Waals surface area contributed by atoms with Crippen LogP contribution in [-0.2, 0) is 11.4 Å². The van der Waals surface area contributed by atoms with Gasteiger partial charge in [-0.3, -0.25) is 9.69 Å². The van der Waals surface area contributed by atoms with Gasteiger partial charge in [-0.1, -0.05) is 78.9 Å². The summed E-state index contributed by atoms with van der Waals surface area (Å²) in [6.07, 6.45) is 1.81. The van der Waals surface area contributed by atoms with Crippen molar-refractivity contribution >= 4 is 29.3 Å². The summed E-state index contributed by atoms with van der Waals surface area (Å²) in [6, 6.07) is 33.7. The zero-order chi connectivity index (χ0) is 26.5. The molecule has 5 nitrogen and oxygen atoms in total. The van der Waals surface area contributed by atoms with Crippen molar-refractivity contribution < 1.29 is 14.3 Å². The number of amides is 1. The van der Waals surface area contributed by atoms with E-state index in [-0.39, 0.29) is 11.9 Å². The number of ether oxygens (including phenoxy) is 2. The third kappa shape index (κ3) is 5.45. The Kier molecular flexibility index (Phi) is 7.52. The van der Waals surface area contributed by atoms with Crippen LogP contribution >= 0.6 is 12.2 Å². The maximum atomic E-state index is 13.2. The number of nitrogens with zero attached hydrogens (tertiary/aromatic N) is 1. The van der Waals surface area contributed by atoms with Crippen LogP contribution in [-0.4, -0.2) is 23.0 Å². The summed E-state index contributed by atoms with van der Waals surface area (Å²) >= 11 is 5.50. The van der Waals surface area contributed by atoms with Crippen molar-refractivity contribution in [3.8, 4) is 22.6 Å². The van der Waals surface area contributed by atoms with E-state index in [2.05, 4.69) is 17.4 Å². The number of rotatable bonds is 8. The molecule has 0 aliphatic carbocycles. The van der Waals surface area contributed by atoms with Crippen LogP contribution in [0.15, 0.2) is 109 Å². The van der Waals surface area contributed by atoms with Crippen molar-refractivity contribution in [1.82, 2.24) is 10.2 Å². The molecule has 1 aliphatic rings. The van der Waals surface area contributed by atoms with E-state index >= 15 is 0 Å². The zero-order valence-electron chi connectivity index (χ0n) is 21.3. The summed E-state index contributed by atoms with van der Waals surface area (Å²) in [5.41, 5.74) is 5.46. The van der Waals surface area contributed by atoms with Gasteiger partial charge in [0.05, 0.1) is 13.2 Å². The summed E-state index contributed by atoms with van der Waals surface area (Å²) < 4.78 is 11.6. The molecule has 0 spiro atoms. The van der Waals surface area contributed by atoms with E-state index in [9.17, 15) is 4.79 Å². The number of hydrogen-bond donors (Lipinski definition) is 1. The first-order valence-corrected chi connectivity index (χ1v) is 12.8. The summed E-state index contributed by atoms with van der Waals surface area (Å²) in [7, 11) is 1.63. The molecule has 1 saturated heterocycles. The van der Waals surface area contributed by atoms with Gasteiger partial charge < -0.3 is 14.8 Å². The Balaban J connectivity index is 1.31. The highest BCUT2D eigenvalue weighted by molar-refractivity contribution is 7.80. The van der Waals surface area contributed by atoms with Crippen LogP contribution in [0.2, 0.25) is 0 Å². The Morgan fingerprint density at radius 3 is 2.24 bits per heavy atom. The fourth-order valence-electron chi connectivity index (χ4n) is 4.48. The van der Waals surface area contributed by atoms with Crippen molar-refractivity contribution in [2.24, 2.45) is 0 Å². The fourth-order valence-corrected chi connectivity index (χ4v) is 4.84. The first-order valence-electron chi connectivity index (χ1n) is 12.4. The third-order valence-corrected chi connectivity index (χ3v) is 6.85. The molecule has 0 saturated carbocycles. The van der Waals surface area contributed by atoms with Gasteiger partial charge in [-0.05, 0) is 71.7 Å². The average molecular weight is 521 g/mol. The highest BCUT2D eigenvalue weighted by atomic mass is 32.1. The molecule has 190 valence electrons. The van der Waals surface area contributed by atoms with E-state index in [1.807, 2.05) is 104 Å². The number of benzene rings is 4. The molecular formula is C32H28N2O3S. The Bertz CT molecular complexity index is 1470. The van der Waals surface area contributed by atoms with Crippen LogP contribution < -0.4 is 14.8 Å². The molecule has 1 heterocycles. The molecule has 1 fully saturated rings. The normalized spacial score (nSPS) is 14.9. The van der Waals surface area contributed by atoms with Gasteiger partial charge >= 0.3 is 0 Å². The smallest absolute Gasteiger partial charge is 0.277 e. The molecule has 1 atom stereocenters. The van der Waals surface area contributed by atoms with E-state index in [4.69, 9.17) is 21.7 Å². The minimum atomic E-state index is -0.178. The van der Waals surface area contributed by atoms with Gasteiger partial charge in [-0.15, -0.1) is 0 Å². The average Bonchev–Trinajstić information content (AvgIpc) is 3.24. The summed E-state index contributed by atoms with van der Waals surface area (Å²) in [6.45, 7) is 2.29. The number of carbonyl (C=O) groups excluding carboxylic acids is 1. The molecule has 38 heavy (non-hydrogen) atoms. The molecule has 4 aromatic rings. The van der Waals surface area contributed by atoms with Crippen molar-refractivity contribution in [2.75, 3.05) is 7.11 Å². The molecule has 1 unspecified atom stereocenters. The number of thiocarbonyl (C=S) groups is 1. The topological polar surface area (TPSA) is 50.8 Å². The van der Waals surface area contributed by atoms with Crippen molar-refractivity contribution in [1.29, 1.82) is 0 Å². The Morgan fingerprint density at radius 1 is 0.895 bits per heavy atom. The van der Waals surface area contributed by atoms with E-state index in [1.165, 1.54) is 0 Å². The second-order valence-electron chi connectivity index (χ2n) is 9.00. The van der Waals surface area contributed by atoms with E-state index < -0.39 is 0 Å². The quantitative estimate of drug-likeness (QED) is 0.206. The molecule has 1 aliphatic heterocycles. The van der Waals surface area contributed by atoms with Gasteiger partial charge in [0.15, 0.2) is 5.11 Å². The summed E-state index contributed by atoms with van der Waals surface area (Å²) in [5.74, 6) is 1.33. The number of nitrogens with one attached hydrogen (secondary N) is 1. The molecule has 0 aromatic heterocycles. The Labute approximate surface area is 228 Å². The maximum absolute atomic E-state index is 13.2. The van der Waals surface area contributed by atoms with E-state index in [0.717, 1.165) is 33.6 Å². The van der Waals surface area contributed by atoms with Crippen LogP contribution in [0.25, 0.3) is 17.2 Å². The van der Waals surface area contributed by atoms with Gasteiger partial charge in [0, 0.05) is 5.56 Å². The van der Waals surface area contributed by atoms with Gasteiger partial charge in [-0.25, -0.2) is 0 Å². The molecule has 5 rings (SSSR count). The van der Waals surface area contributed by atoms with Crippen LogP contribution in [0.5, 0.6) is 11.5 Å². The van der Waals surface area contributed by atoms with Crippen molar-refractivity contribution in [3.63, 3.8) is 0 Å². The molecular weight excluding hydrogens is 492 g/mol. The SMILES string of the molecule is COc1ccc(/C=C2\NC(=S)N(C(C)c3ccccc3)C2=O)cc1COc1ccc(-c2ccccc2)cc1. The van der Waals surface area contributed by atoms with Gasteiger partial charge in [0.1, 0.15) is 23.8 Å². The predicted molar refractivity (Wildman–Crippen MR) is 155 cm³/mol. The van der Waals surface area contributed by atoms with Crippen LogP contribution in [0.4, 0.5) is 0 Å². The molecule has 0 bridgehead atoms. The summed E-state index contributed by atoms with van der Waals surface area (Å²) in [5, 5.41) is 3.48. The molecule has 0 radical (unpaired) electrons. The van der Waals surface area contributed by atoms with Crippen LogP contribution in [0.1, 0.15) is 29.7 Å². The second kappa shape index (κ2) is 11.3. The monoisotopic (exact) mass is 520 g/mol. The molecule has 1 N–H and O–H groups in total. The lowest BCUT2D eigenvalue weighted by atomic mass is 10.1. The molecule has 4 aromatic carbocycles. The number of carbonyl (C=O) groups is 1. The summed E-state index contributed by atoms with van der Waals surface area (Å²) in [4.78, 5) is 14.9. The standard InChI is InChI=1S/C32H28N2O3S/c1-22(24-9-5-3-6-10-24)34-31(35)29(33-32(34)38)20-23-13-18-30(36-2)27(19-23)21-37-28-16-14-26(15-17-28)25-11-7-4-8-12-25/h3-20,22H,21H2,1-2H3,(H,33,38)/b29-20-. The molecule has 6 heteroatoms. The zero-order valence-corrected chi connectivity index (χ0v) is 22.1. The van der Waals surface area contributed by atoms with E-state index in [0.29, 0.717) is 23.2 Å². The second-order valence-corrected chi connectivity index (χ2v) is 9.39. The lowest BCUT2D eigenvalue weighted by Gasteiger charge is -2.23. The lowest BCUT2D eigenvalue weighted by Crippen LogP contribution is -2.33. The number of hydrogen-bond acceptors (Lipinski definition) is 4. The predicted octanol–water partition coefficient (Wildman–Crippen LogP) is 6.76. The fraction of sp³-hybridized carbons (Fsp3) is 0.125. The number of methoxy groups -OCH3 is 1. The minimum absolute atomic E-state index is 0.154. The first kappa shape index (κ1) is 25.2. The van der Waals surface area contributed by atoms with Gasteiger partial charge in [0.25, 0.3) is 5.91 Å². The third-order valence-electron chi connectivity index (χ3n) is 6.55. The largest absolute Gasteiger partial charge is 0.496 e. The van der Waals surface area contributed by atoms with Gasteiger partial charge in [-0.2, -0.15) is 0 Å². The lowest BCUT2D eigenvalue weighted by molar-refractivity contribution is -0.123. The first-order chi connectivity index (χ1) is 18.5. The van der Waals surface area contributed by atoms with Crippen LogP contribution in [0.3, 0.4) is 0 Å². The van der Waals surface area contributed by atoms with Crippen molar-refractivity contribution in [3.05, 3.63) is 126 Å². The highest BCUT2D eigenvalue weighted by Crippen LogP contribution is 2.28.